The quantitative estimate of drug-likeness (QED) is 0.612. The standard InChI is InChI=1S/C7H9F6NO3/c1-16-3-2-14-5(15)17-6(10,4(8)9)7(11,12)13/h4H,2-3H2,1H3,(H,14,15). The molecule has 0 spiro atoms. The molecular formula is C7H9F6NO3. The van der Waals surface area contributed by atoms with Gasteiger partial charge in [0.05, 0.1) is 6.61 Å². The van der Waals surface area contributed by atoms with Crippen LogP contribution in [0.2, 0.25) is 0 Å². The smallest absolute Gasteiger partial charge is 0.398 e. The second-order valence-corrected chi connectivity index (χ2v) is 2.75. The van der Waals surface area contributed by atoms with Crippen molar-refractivity contribution in [1.82, 2.24) is 5.32 Å². The molecule has 10 heteroatoms. The molecule has 1 N–H and O–H groups in total. The molecule has 0 aromatic heterocycles. The number of carbonyl (C=O) groups is 1. The number of rotatable bonds is 5. The van der Waals surface area contributed by atoms with Crippen molar-refractivity contribution >= 4 is 6.09 Å². The number of amides is 1. The van der Waals surface area contributed by atoms with E-state index in [9.17, 15) is 31.1 Å². The van der Waals surface area contributed by atoms with Gasteiger partial charge in [-0.2, -0.15) is 17.6 Å². The molecule has 17 heavy (non-hydrogen) atoms. The van der Waals surface area contributed by atoms with Gasteiger partial charge in [-0.25, -0.2) is 13.6 Å². The highest BCUT2D eigenvalue weighted by molar-refractivity contribution is 5.67. The summed E-state index contributed by atoms with van der Waals surface area (Å²) in [5.74, 6) is -5.33. The van der Waals surface area contributed by atoms with Gasteiger partial charge in [0.2, 0.25) is 0 Å². The zero-order valence-corrected chi connectivity index (χ0v) is 8.48. The summed E-state index contributed by atoms with van der Waals surface area (Å²) in [5.41, 5.74) is 0. The van der Waals surface area contributed by atoms with E-state index in [2.05, 4.69) is 9.47 Å². The number of carbonyl (C=O) groups excluding carboxylic acids is 1. The Balaban J connectivity index is 4.52. The van der Waals surface area contributed by atoms with Gasteiger partial charge < -0.3 is 14.8 Å². The Labute approximate surface area is 91.9 Å². The number of hydrogen-bond donors (Lipinski definition) is 1. The van der Waals surface area contributed by atoms with Crippen molar-refractivity contribution in [3.8, 4) is 0 Å². The number of hydrogen-bond acceptors (Lipinski definition) is 3. The molecule has 4 nitrogen and oxygen atoms in total. The number of ether oxygens (including phenoxy) is 2. The third-order valence-corrected chi connectivity index (χ3v) is 1.48. The second-order valence-electron chi connectivity index (χ2n) is 2.75. The van der Waals surface area contributed by atoms with Gasteiger partial charge in [-0.15, -0.1) is 0 Å². The Bertz CT molecular complexity index is 258. The largest absolute Gasteiger partial charge is 0.466 e. The molecule has 0 heterocycles. The zero-order chi connectivity index (χ0) is 13.7. The van der Waals surface area contributed by atoms with Crippen molar-refractivity contribution in [2.45, 2.75) is 18.5 Å². The van der Waals surface area contributed by atoms with Gasteiger partial charge in [-0.3, -0.25) is 0 Å². The fraction of sp³-hybridized carbons (Fsp3) is 0.857. The summed E-state index contributed by atoms with van der Waals surface area (Å²) in [4.78, 5) is 10.6. The van der Waals surface area contributed by atoms with Gasteiger partial charge in [0, 0.05) is 13.7 Å². The SMILES string of the molecule is COCCNC(=O)OC(F)(C(F)F)C(F)(F)F. The summed E-state index contributed by atoms with van der Waals surface area (Å²) in [5, 5.41) is 1.61. The molecule has 0 bridgehead atoms. The summed E-state index contributed by atoms with van der Waals surface area (Å²) < 4.78 is 79.8. The first-order valence-electron chi connectivity index (χ1n) is 4.14. The van der Waals surface area contributed by atoms with E-state index in [-0.39, 0.29) is 13.2 Å². The van der Waals surface area contributed by atoms with Crippen molar-refractivity contribution in [2.24, 2.45) is 0 Å². The van der Waals surface area contributed by atoms with E-state index in [1.807, 2.05) is 0 Å². The third kappa shape index (κ3) is 4.29. The summed E-state index contributed by atoms with van der Waals surface area (Å²) >= 11 is 0. The first-order chi connectivity index (χ1) is 7.65. The van der Waals surface area contributed by atoms with Gasteiger partial charge in [0.15, 0.2) is 0 Å². The van der Waals surface area contributed by atoms with Crippen LogP contribution >= 0.6 is 0 Å². The van der Waals surface area contributed by atoms with E-state index < -0.39 is 24.5 Å². The molecule has 0 aromatic carbocycles. The Morgan fingerprint density at radius 3 is 2.18 bits per heavy atom. The van der Waals surface area contributed by atoms with Gasteiger partial charge in [0.1, 0.15) is 0 Å². The van der Waals surface area contributed by atoms with Crippen LogP contribution in [0.5, 0.6) is 0 Å². The lowest BCUT2D eigenvalue weighted by atomic mass is 10.3. The Morgan fingerprint density at radius 2 is 1.82 bits per heavy atom. The minimum atomic E-state index is -6.03. The predicted molar refractivity (Wildman–Crippen MR) is 42.3 cm³/mol. The zero-order valence-electron chi connectivity index (χ0n) is 8.48. The minimum absolute atomic E-state index is 0.102. The first-order valence-corrected chi connectivity index (χ1v) is 4.14. The van der Waals surface area contributed by atoms with Crippen LogP contribution in [0.3, 0.4) is 0 Å². The minimum Gasteiger partial charge on any atom is -0.398 e. The third-order valence-electron chi connectivity index (χ3n) is 1.48. The van der Waals surface area contributed by atoms with E-state index in [4.69, 9.17) is 0 Å². The molecule has 0 fully saturated rings. The summed E-state index contributed by atoms with van der Waals surface area (Å²) in [6.07, 6.45) is -12.5. The van der Waals surface area contributed by atoms with Gasteiger partial charge in [0.25, 0.3) is 0 Å². The first kappa shape index (κ1) is 15.8. The highest BCUT2D eigenvalue weighted by atomic mass is 19.4. The van der Waals surface area contributed by atoms with Crippen molar-refractivity contribution in [2.75, 3.05) is 20.3 Å². The van der Waals surface area contributed by atoms with E-state index in [0.29, 0.717) is 0 Å². The molecule has 0 rings (SSSR count). The maximum atomic E-state index is 12.8. The molecule has 0 radical (unpaired) electrons. The average Bonchev–Trinajstić information content (AvgIpc) is 2.15. The summed E-state index contributed by atoms with van der Waals surface area (Å²) in [6, 6.07) is 0. The lowest BCUT2D eigenvalue weighted by Crippen LogP contribution is -2.52. The van der Waals surface area contributed by atoms with Crippen LogP contribution in [0.25, 0.3) is 0 Å². The second kappa shape index (κ2) is 5.94. The van der Waals surface area contributed by atoms with Gasteiger partial charge in [-0.05, 0) is 0 Å². The van der Waals surface area contributed by atoms with Gasteiger partial charge in [-0.1, -0.05) is 0 Å². The van der Waals surface area contributed by atoms with Crippen molar-refractivity contribution < 1.29 is 40.6 Å². The topological polar surface area (TPSA) is 47.6 Å². The molecule has 102 valence electrons. The van der Waals surface area contributed by atoms with Crippen molar-refractivity contribution in [3.05, 3.63) is 0 Å². The maximum absolute atomic E-state index is 12.8. The molecule has 0 saturated carbocycles. The highest BCUT2D eigenvalue weighted by Crippen LogP contribution is 2.39. The Morgan fingerprint density at radius 1 is 1.29 bits per heavy atom. The molecule has 0 aliphatic rings. The molecular weight excluding hydrogens is 260 g/mol. The van der Waals surface area contributed by atoms with E-state index in [1.54, 1.807) is 5.32 Å². The van der Waals surface area contributed by atoms with Crippen LogP contribution in [-0.4, -0.2) is 44.8 Å². The molecule has 0 aromatic rings. The van der Waals surface area contributed by atoms with Crippen molar-refractivity contribution in [3.63, 3.8) is 0 Å². The lowest BCUT2D eigenvalue weighted by molar-refractivity contribution is -0.349. The Kier molecular flexibility index (Phi) is 5.52. The number of nitrogens with one attached hydrogen (secondary N) is 1. The molecule has 0 saturated heterocycles. The number of halogens is 6. The molecule has 0 aliphatic heterocycles. The highest BCUT2D eigenvalue weighted by Gasteiger charge is 2.66. The lowest BCUT2D eigenvalue weighted by Gasteiger charge is -2.26. The van der Waals surface area contributed by atoms with Gasteiger partial charge >= 0.3 is 24.5 Å². The van der Waals surface area contributed by atoms with Crippen LogP contribution in [0.4, 0.5) is 31.1 Å². The number of methoxy groups -OCH3 is 1. The predicted octanol–water partition coefficient (Wildman–Crippen LogP) is 1.85. The number of alkyl halides is 6. The maximum Gasteiger partial charge on any atom is 0.466 e. The molecule has 1 unspecified atom stereocenters. The monoisotopic (exact) mass is 269 g/mol. The van der Waals surface area contributed by atoms with Crippen LogP contribution in [0.15, 0.2) is 0 Å². The van der Waals surface area contributed by atoms with Crippen LogP contribution in [-0.2, 0) is 9.47 Å². The van der Waals surface area contributed by atoms with Crippen LogP contribution < -0.4 is 5.32 Å². The number of alkyl carbamates (subject to hydrolysis) is 1. The van der Waals surface area contributed by atoms with E-state index in [0.717, 1.165) is 0 Å². The average molecular weight is 269 g/mol. The molecule has 1 amide bonds. The van der Waals surface area contributed by atoms with Crippen LogP contribution in [0, 0.1) is 0 Å². The van der Waals surface area contributed by atoms with Crippen LogP contribution in [0.1, 0.15) is 0 Å². The fourth-order valence-corrected chi connectivity index (χ4v) is 0.652. The van der Waals surface area contributed by atoms with E-state index in [1.165, 1.54) is 7.11 Å². The summed E-state index contributed by atoms with van der Waals surface area (Å²) in [6.45, 7) is -0.415. The Hall–Kier alpha value is -1.19. The normalized spacial score (nSPS) is 15.5. The molecule has 0 aliphatic carbocycles. The van der Waals surface area contributed by atoms with E-state index >= 15 is 0 Å². The van der Waals surface area contributed by atoms with Crippen molar-refractivity contribution in [1.29, 1.82) is 0 Å². The molecule has 1 atom stereocenters. The fourth-order valence-electron chi connectivity index (χ4n) is 0.652. The summed E-state index contributed by atoms with van der Waals surface area (Å²) in [7, 11) is 1.22.